The highest BCUT2D eigenvalue weighted by Gasteiger charge is 2.48. The van der Waals surface area contributed by atoms with Crippen LogP contribution in [-0.4, -0.2) is 46.9 Å². The lowest BCUT2D eigenvalue weighted by atomic mass is 9.94. The molecule has 4 atom stereocenters. The van der Waals surface area contributed by atoms with Crippen molar-refractivity contribution in [2.75, 3.05) is 0 Å². The number of hydrogen-bond donors (Lipinski definition) is 2. The van der Waals surface area contributed by atoms with Crippen molar-refractivity contribution >= 4 is 6.09 Å². The predicted octanol–water partition coefficient (Wildman–Crippen LogP) is 1.33. The van der Waals surface area contributed by atoms with E-state index in [1.807, 2.05) is 0 Å². The number of aliphatic hydroxyl groups excluding tert-OH is 1. The van der Waals surface area contributed by atoms with Crippen molar-refractivity contribution in [3.8, 4) is 0 Å². The molecule has 1 amide bonds. The predicted molar refractivity (Wildman–Crippen MR) is 72.1 cm³/mol. The first-order valence-corrected chi connectivity index (χ1v) is 6.79. The summed E-state index contributed by atoms with van der Waals surface area (Å²) in [6, 6.07) is -0.552. The van der Waals surface area contributed by atoms with Crippen LogP contribution in [0.1, 0.15) is 34.6 Å². The van der Waals surface area contributed by atoms with E-state index >= 15 is 0 Å². The molecule has 0 spiro atoms. The number of alkyl carbamates (subject to hydrolysis) is 1. The highest BCUT2D eigenvalue weighted by atomic mass is 16.8. The molecule has 6 nitrogen and oxygen atoms in total. The lowest BCUT2D eigenvalue weighted by Gasteiger charge is -2.31. The van der Waals surface area contributed by atoms with Gasteiger partial charge in [-0.3, -0.25) is 0 Å². The average Bonchev–Trinajstić information content (AvgIpc) is 2.55. The largest absolute Gasteiger partial charge is 0.444 e. The van der Waals surface area contributed by atoms with Gasteiger partial charge in [-0.2, -0.15) is 0 Å². The molecule has 2 rings (SSSR count). The normalized spacial score (nSPS) is 35.5. The number of aliphatic hydroxyl groups is 1. The first kappa shape index (κ1) is 15.3. The van der Waals surface area contributed by atoms with Crippen LogP contribution < -0.4 is 5.32 Å². The van der Waals surface area contributed by atoms with Crippen molar-refractivity contribution in [3.05, 3.63) is 12.2 Å². The summed E-state index contributed by atoms with van der Waals surface area (Å²) < 4.78 is 16.5. The maximum Gasteiger partial charge on any atom is 0.408 e. The quantitative estimate of drug-likeness (QED) is 0.711. The third-order valence-corrected chi connectivity index (χ3v) is 3.06. The van der Waals surface area contributed by atoms with Gasteiger partial charge in [0.25, 0.3) is 0 Å². The van der Waals surface area contributed by atoms with Crippen LogP contribution in [0.5, 0.6) is 0 Å². The molecule has 2 aliphatic rings. The Bertz CT molecular complexity index is 412. The highest BCUT2D eigenvalue weighted by Crippen LogP contribution is 2.34. The summed E-state index contributed by atoms with van der Waals surface area (Å²) in [6.45, 7) is 8.94. The third-order valence-electron chi connectivity index (χ3n) is 3.06. The molecule has 2 N–H and O–H groups in total. The van der Waals surface area contributed by atoms with Crippen LogP contribution in [0.15, 0.2) is 12.2 Å². The molecule has 20 heavy (non-hydrogen) atoms. The minimum atomic E-state index is -0.876. The van der Waals surface area contributed by atoms with E-state index in [1.165, 1.54) is 0 Å². The molecule has 0 unspecified atom stereocenters. The van der Waals surface area contributed by atoms with Gasteiger partial charge in [0.1, 0.15) is 23.9 Å². The number of nitrogens with one attached hydrogen (secondary N) is 1. The summed E-state index contributed by atoms with van der Waals surface area (Å²) in [5, 5.41) is 12.9. The fourth-order valence-corrected chi connectivity index (χ4v) is 2.35. The Kier molecular flexibility index (Phi) is 3.83. The number of rotatable bonds is 1. The van der Waals surface area contributed by atoms with Crippen molar-refractivity contribution in [2.24, 2.45) is 0 Å². The molecule has 1 aliphatic heterocycles. The Labute approximate surface area is 119 Å². The number of hydrogen-bond acceptors (Lipinski definition) is 5. The molecule has 0 saturated carbocycles. The summed E-state index contributed by atoms with van der Waals surface area (Å²) >= 11 is 0. The molecule has 6 heteroatoms. The van der Waals surface area contributed by atoms with Gasteiger partial charge in [0.2, 0.25) is 0 Å². The van der Waals surface area contributed by atoms with Gasteiger partial charge >= 0.3 is 6.09 Å². The second kappa shape index (κ2) is 5.02. The van der Waals surface area contributed by atoms with E-state index < -0.39 is 35.7 Å². The molecule has 0 radical (unpaired) electrons. The third kappa shape index (κ3) is 3.50. The second-order valence-electron chi connectivity index (χ2n) is 6.61. The summed E-state index contributed by atoms with van der Waals surface area (Å²) in [7, 11) is 0. The van der Waals surface area contributed by atoms with Gasteiger partial charge in [0, 0.05) is 0 Å². The van der Waals surface area contributed by atoms with Gasteiger partial charge in [-0.1, -0.05) is 12.2 Å². The summed E-state index contributed by atoms with van der Waals surface area (Å²) in [5.41, 5.74) is -0.578. The van der Waals surface area contributed by atoms with Crippen LogP contribution in [-0.2, 0) is 14.2 Å². The van der Waals surface area contributed by atoms with Gasteiger partial charge in [-0.05, 0) is 34.6 Å². The average molecular weight is 285 g/mol. The zero-order chi connectivity index (χ0) is 15.1. The lowest BCUT2D eigenvalue weighted by molar-refractivity contribution is -0.153. The van der Waals surface area contributed by atoms with Gasteiger partial charge < -0.3 is 24.6 Å². The van der Waals surface area contributed by atoms with Crippen molar-refractivity contribution in [3.63, 3.8) is 0 Å². The fourth-order valence-electron chi connectivity index (χ4n) is 2.35. The van der Waals surface area contributed by atoms with E-state index in [1.54, 1.807) is 46.8 Å². The van der Waals surface area contributed by atoms with Gasteiger partial charge in [-0.25, -0.2) is 4.79 Å². The molecule has 1 heterocycles. The highest BCUT2D eigenvalue weighted by molar-refractivity contribution is 5.68. The topological polar surface area (TPSA) is 77.0 Å². The number of fused-ring (bicyclic) bond motifs is 1. The van der Waals surface area contributed by atoms with Crippen molar-refractivity contribution in [1.29, 1.82) is 0 Å². The van der Waals surface area contributed by atoms with Gasteiger partial charge in [-0.15, -0.1) is 0 Å². The van der Waals surface area contributed by atoms with Crippen LogP contribution in [0.25, 0.3) is 0 Å². The van der Waals surface area contributed by atoms with E-state index in [0.29, 0.717) is 0 Å². The van der Waals surface area contributed by atoms with Crippen LogP contribution >= 0.6 is 0 Å². The summed E-state index contributed by atoms with van der Waals surface area (Å²) in [5.74, 6) is -0.735. The SMILES string of the molecule is CC(C)(C)OC(=O)N[C@@H]1C=C[C@@H]2OC(C)(C)O[C@@H]2[C@H]1O. The minimum Gasteiger partial charge on any atom is -0.444 e. The number of carbonyl (C=O) groups excluding carboxylic acids is 1. The molecule has 0 aromatic rings. The minimum absolute atomic E-state index is 0.295. The summed E-state index contributed by atoms with van der Waals surface area (Å²) in [4.78, 5) is 11.7. The Balaban J connectivity index is 1.99. The van der Waals surface area contributed by atoms with E-state index in [0.717, 1.165) is 0 Å². The maximum atomic E-state index is 11.7. The van der Waals surface area contributed by atoms with Crippen molar-refractivity contribution in [2.45, 2.75) is 70.4 Å². The Hall–Kier alpha value is -1.11. The first-order chi connectivity index (χ1) is 9.07. The van der Waals surface area contributed by atoms with Crippen LogP contribution in [0.2, 0.25) is 0 Å². The Morgan fingerprint density at radius 3 is 2.55 bits per heavy atom. The zero-order valence-corrected chi connectivity index (χ0v) is 12.5. The molecule has 1 fully saturated rings. The lowest BCUT2D eigenvalue weighted by Crippen LogP contribution is -2.53. The first-order valence-electron chi connectivity index (χ1n) is 6.79. The van der Waals surface area contributed by atoms with Gasteiger partial charge in [0.05, 0.1) is 6.04 Å². The van der Waals surface area contributed by atoms with Crippen LogP contribution in [0.4, 0.5) is 4.79 Å². The van der Waals surface area contributed by atoms with E-state index in [-0.39, 0.29) is 6.10 Å². The van der Waals surface area contributed by atoms with Crippen LogP contribution in [0.3, 0.4) is 0 Å². The molecule has 1 saturated heterocycles. The van der Waals surface area contributed by atoms with Crippen LogP contribution in [0, 0.1) is 0 Å². The second-order valence-corrected chi connectivity index (χ2v) is 6.61. The molecule has 1 aliphatic carbocycles. The molecule has 0 bridgehead atoms. The molecule has 0 aromatic carbocycles. The number of carbonyl (C=O) groups is 1. The molecular weight excluding hydrogens is 262 g/mol. The summed E-state index contributed by atoms with van der Waals surface area (Å²) in [6.07, 6.45) is 1.28. The van der Waals surface area contributed by atoms with E-state index in [9.17, 15) is 9.90 Å². The Morgan fingerprint density at radius 1 is 1.30 bits per heavy atom. The van der Waals surface area contributed by atoms with Gasteiger partial charge in [0.15, 0.2) is 5.79 Å². The monoisotopic (exact) mass is 285 g/mol. The standard InChI is InChI=1S/C14H23NO5/c1-13(2,3)20-12(17)15-8-6-7-9-11(10(8)16)19-14(4,5)18-9/h6-11,16H,1-5H3,(H,15,17)/t8-,9+,10+,11+/m1/s1. The molecule has 0 aromatic heterocycles. The van der Waals surface area contributed by atoms with Crippen molar-refractivity contribution in [1.82, 2.24) is 5.32 Å². The van der Waals surface area contributed by atoms with E-state index in [2.05, 4.69) is 5.32 Å². The Morgan fingerprint density at radius 2 is 1.95 bits per heavy atom. The number of amides is 1. The smallest absolute Gasteiger partial charge is 0.408 e. The zero-order valence-electron chi connectivity index (χ0n) is 12.5. The molecular formula is C14H23NO5. The maximum absolute atomic E-state index is 11.7. The molecule has 114 valence electrons. The van der Waals surface area contributed by atoms with E-state index in [4.69, 9.17) is 14.2 Å². The number of ether oxygens (including phenoxy) is 3. The van der Waals surface area contributed by atoms with Crippen molar-refractivity contribution < 1.29 is 24.1 Å². The fraction of sp³-hybridized carbons (Fsp3) is 0.786.